The predicted molar refractivity (Wildman–Crippen MR) is 90.1 cm³/mol. The molecular formula is C15H34O3SSi. The van der Waals surface area contributed by atoms with Crippen molar-refractivity contribution in [2.75, 3.05) is 5.75 Å². The van der Waals surface area contributed by atoms with Crippen LogP contribution in [0.4, 0.5) is 0 Å². The number of hydrogen-bond donors (Lipinski definition) is 0. The molecule has 0 saturated heterocycles. The van der Waals surface area contributed by atoms with Gasteiger partial charge in [0.2, 0.25) is 8.32 Å². The van der Waals surface area contributed by atoms with E-state index in [4.69, 9.17) is 3.87 Å². The van der Waals surface area contributed by atoms with Crippen LogP contribution in [0, 0.1) is 0 Å². The predicted octanol–water partition coefficient (Wildman–Crippen LogP) is 5.09. The summed E-state index contributed by atoms with van der Waals surface area (Å²) in [6.07, 6.45) is 7.28. The van der Waals surface area contributed by atoms with Gasteiger partial charge in [0, 0.05) is 0 Å². The smallest absolute Gasteiger partial charge is 0.257 e. The molecule has 0 aliphatic carbocycles. The Morgan fingerprint density at radius 2 is 1.15 bits per heavy atom. The second kappa shape index (κ2) is 10.8. The summed E-state index contributed by atoms with van der Waals surface area (Å²) in [6, 6.07) is 3.02. The van der Waals surface area contributed by atoms with Gasteiger partial charge >= 0.3 is 0 Å². The molecule has 0 bridgehead atoms. The SMILES string of the molecule is CCCC[Si](CCCC)(CCCC)OS(=O)(=O)CCC. The third kappa shape index (κ3) is 8.42. The van der Waals surface area contributed by atoms with E-state index in [2.05, 4.69) is 20.8 Å². The largest absolute Gasteiger partial charge is 0.315 e. The fourth-order valence-electron chi connectivity index (χ4n) is 2.56. The van der Waals surface area contributed by atoms with E-state index in [1.165, 1.54) is 0 Å². The van der Waals surface area contributed by atoms with E-state index in [0.717, 1.165) is 56.7 Å². The van der Waals surface area contributed by atoms with Gasteiger partial charge in [-0.05, 0) is 24.6 Å². The fraction of sp³-hybridized carbons (Fsp3) is 1.00. The highest BCUT2D eigenvalue weighted by atomic mass is 32.2. The van der Waals surface area contributed by atoms with E-state index < -0.39 is 18.4 Å². The van der Waals surface area contributed by atoms with Crippen molar-refractivity contribution in [2.24, 2.45) is 0 Å². The summed E-state index contributed by atoms with van der Waals surface area (Å²) in [6.45, 7) is 8.40. The van der Waals surface area contributed by atoms with Crippen molar-refractivity contribution in [1.82, 2.24) is 0 Å². The van der Waals surface area contributed by atoms with Crippen LogP contribution in [0.2, 0.25) is 18.1 Å². The Hall–Kier alpha value is 0.127. The molecule has 0 fully saturated rings. The van der Waals surface area contributed by atoms with Crippen molar-refractivity contribution in [2.45, 2.75) is 90.8 Å². The highest BCUT2D eigenvalue weighted by Crippen LogP contribution is 2.31. The van der Waals surface area contributed by atoms with Crippen molar-refractivity contribution < 1.29 is 12.3 Å². The second-order valence-corrected chi connectivity index (χ2v) is 11.9. The van der Waals surface area contributed by atoms with Gasteiger partial charge in [0.25, 0.3) is 10.1 Å². The minimum Gasteiger partial charge on any atom is -0.315 e. The van der Waals surface area contributed by atoms with Crippen LogP contribution in [0.5, 0.6) is 0 Å². The zero-order valence-electron chi connectivity index (χ0n) is 13.9. The summed E-state index contributed by atoms with van der Waals surface area (Å²) in [5.41, 5.74) is 0. The van der Waals surface area contributed by atoms with Gasteiger partial charge < -0.3 is 3.87 Å². The minimum atomic E-state index is -3.32. The summed E-state index contributed by atoms with van der Waals surface area (Å²) < 4.78 is 30.2. The summed E-state index contributed by atoms with van der Waals surface area (Å²) in [4.78, 5) is 0. The first kappa shape index (κ1) is 20.1. The van der Waals surface area contributed by atoms with Crippen LogP contribution in [-0.4, -0.2) is 22.5 Å². The van der Waals surface area contributed by atoms with E-state index >= 15 is 0 Å². The molecule has 0 rings (SSSR count). The van der Waals surface area contributed by atoms with E-state index in [1.807, 2.05) is 6.92 Å². The Morgan fingerprint density at radius 1 is 0.750 bits per heavy atom. The van der Waals surface area contributed by atoms with Gasteiger partial charge in [-0.1, -0.05) is 66.2 Å². The van der Waals surface area contributed by atoms with Gasteiger partial charge in [-0.2, -0.15) is 0 Å². The van der Waals surface area contributed by atoms with Crippen LogP contribution < -0.4 is 0 Å². The van der Waals surface area contributed by atoms with Crippen molar-refractivity contribution in [3.63, 3.8) is 0 Å². The highest BCUT2D eigenvalue weighted by molar-refractivity contribution is 7.87. The van der Waals surface area contributed by atoms with Crippen LogP contribution in [0.1, 0.15) is 72.6 Å². The number of unbranched alkanes of at least 4 members (excludes halogenated alkanes) is 3. The Morgan fingerprint density at radius 3 is 1.45 bits per heavy atom. The first-order valence-corrected chi connectivity index (χ1v) is 12.5. The molecule has 0 heterocycles. The quantitative estimate of drug-likeness (QED) is 0.444. The number of rotatable bonds is 13. The molecule has 0 saturated carbocycles. The first-order valence-electron chi connectivity index (χ1n) is 8.38. The van der Waals surface area contributed by atoms with Crippen LogP contribution in [0.3, 0.4) is 0 Å². The molecule has 0 unspecified atom stereocenters. The van der Waals surface area contributed by atoms with Crippen molar-refractivity contribution in [1.29, 1.82) is 0 Å². The topological polar surface area (TPSA) is 43.4 Å². The van der Waals surface area contributed by atoms with Crippen LogP contribution in [0.15, 0.2) is 0 Å². The van der Waals surface area contributed by atoms with E-state index in [9.17, 15) is 8.42 Å². The van der Waals surface area contributed by atoms with E-state index in [1.54, 1.807) is 0 Å². The van der Waals surface area contributed by atoms with Crippen LogP contribution in [0.25, 0.3) is 0 Å². The van der Waals surface area contributed by atoms with Crippen molar-refractivity contribution >= 4 is 18.4 Å². The van der Waals surface area contributed by atoms with Crippen molar-refractivity contribution in [3.05, 3.63) is 0 Å². The maximum atomic E-state index is 12.1. The summed E-state index contributed by atoms with van der Waals surface area (Å²) in [5, 5.41) is 0. The molecule has 0 amide bonds. The molecule has 0 aliphatic heterocycles. The molecule has 0 aromatic rings. The van der Waals surface area contributed by atoms with E-state index in [-0.39, 0.29) is 5.75 Å². The average molecular weight is 323 g/mol. The lowest BCUT2D eigenvalue weighted by molar-refractivity contribution is 0.465. The molecule has 122 valence electrons. The Bertz CT molecular complexity index is 306. The molecule has 0 aliphatic rings. The lowest BCUT2D eigenvalue weighted by Crippen LogP contribution is -2.41. The number of hydrogen-bond acceptors (Lipinski definition) is 3. The zero-order chi connectivity index (χ0) is 15.5. The Labute approximate surface area is 127 Å². The molecule has 0 aromatic carbocycles. The molecule has 5 heteroatoms. The fourth-order valence-corrected chi connectivity index (χ4v) is 10.3. The van der Waals surface area contributed by atoms with Gasteiger partial charge in [0.1, 0.15) is 0 Å². The standard InChI is InChI=1S/C15H34O3SSi/c1-5-9-13-20(14-10-6-2,15-11-7-3)18-19(16,17)12-8-4/h5-15H2,1-4H3. The van der Waals surface area contributed by atoms with Crippen LogP contribution >= 0.6 is 0 Å². The molecule has 0 atom stereocenters. The second-order valence-electron chi connectivity index (χ2n) is 5.84. The zero-order valence-corrected chi connectivity index (χ0v) is 15.7. The van der Waals surface area contributed by atoms with Crippen LogP contribution in [-0.2, 0) is 14.0 Å². The first-order chi connectivity index (χ1) is 9.45. The van der Waals surface area contributed by atoms with Gasteiger partial charge in [-0.25, -0.2) is 8.42 Å². The molecule has 0 N–H and O–H groups in total. The van der Waals surface area contributed by atoms with Gasteiger partial charge in [-0.15, -0.1) is 0 Å². The highest BCUT2D eigenvalue weighted by Gasteiger charge is 2.37. The third-order valence-electron chi connectivity index (χ3n) is 3.72. The summed E-state index contributed by atoms with van der Waals surface area (Å²) in [5.74, 6) is 0.173. The molecule has 0 radical (unpaired) electrons. The Kier molecular flexibility index (Phi) is 10.9. The molecule has 20 heavy (non-hydrogen) atoms. The Balaban J connectivity index is 5.01. The average Bonchev–Trinajstić information content (AvgIpc) is 2.40. The maximum Gasteiger partial charge on any atom is 0.257 e. The normalized spacial score (nSPS) is 12.8. The van der Waals surface area contributed by atoms with Gasteiger partial charge in [-0.3, -0.25) is 0 Å². The summed E-state index contributed by atoms with van der Waals surface area (Å²) in [7, 11) is -5.44. The molecular weight excluding hydrogens is 288 g/mol. The minimum absolute atomic E-state index is 0.173. The molecule has 3 nitrogen and oxygen atoms in total. The lowest BCUT2D eigenvalue weighted by Gasteiger charge is -2.31. The molecule has 0 spiro atoms. The van der Waals surface area contributed by atoms with Crippen molar-refractivity contribution in [3.8, 4) is 0 Å². The third-order valence-corrected chi connectivity index (χ3v) is 10.8. The lowest BCUT2D eigenvalue weighted by atomic mass is 10.4. The molecule has 0 aromatic heterocycles. The monoisotopic (exact) mass is 322 g/mol. The summed E-state index contributed by atoms with van der Waals surface area (Å²) >= 11 is 0. The van der Waals surface area contributed by atoms with Gasteiger partial charge in [0.05, 0.1) is 5.75 Å². The van der Waals surface area contributed by atoms with E-state index in [0.29, 0.717) is 6.42 Å². The van der Waals surface area contributed by atoms with Gasteiger partial charge in [0.15, 0.2) is 0 Å². The maximum absolute atomic E-state index is 12.1.